The molecule has 0 bridgehead atoms. The van der Waals surface area contributed by atoms with Crippen molar-refractivity contribution >= 4 is 23.3 Å². The summed E-state index contributed by atoms with van der Waals surface area (Å²) in [5.74, 6) is -0.527. The second-order valence-electron chi connectivity index (χ2n) is 3.28. The van der Waals surface area contributed by atoms with E-state index in [1.165, 1.54) is 4.68 Å². The lowest BCUT2D eigenvalue weighted by Gasteiger charge is -1.99. The predicted molar refractivity (Wildman–Crippen MR) is 56.4 cm³/mol. The highest BCUT2D eigenvalue weighted by molar-refractivity contribution is 6.06. The maximum absolute atomic E-state index is 11.6. The standard InChI is InChI=1S/C10H11N3O3/c1-3-16-10(15)8-6(5-14)9-7(12-8)4-11-13(9)2/h4-5,12H,3H2,1-2H3. The third-order valence-electron chi connectivity index (χ3n) is 2.32. The van der Waals surface area contributed by atoms with E-state index >= 15 is 0 Å². The van der Waals surface area contributed by atoms with Crippen molar-refractivity contribution in [3.8, 4) is 0 Å². The Kier molecular flexibility index (Phi) is 2.47. The lowest BCUT2D eigenvalue weighted by molar-refractivity contribution is 0.0518. The summed E-state index contributed by atoms with van der Waals surface area (Å²) in [5, 5.41) is 3.99. The van der Waals surface area contributed by atoms with E-state index in [-0.39, 0.29) is 17.9 Å². The molecule has 0 aromatic carbocycles. The highest BCUT2D eigenvalue weighted by Gasteiger charge is 2.20. The van der Waals surface area contributed by atoms with Crippen LogP contribution in [0.2, 0.25) is 0 Å². The Morgan fingerprint density at radius 2 is 2.44 bits per heavy atom. The van der Waals surface area contributed by atoms with E-state index in [0.29, 0.717) is 17.3 Å². The van der Waals surface area contributed by atoms with Crippen molar-refractivity contribution in [3.05, 3.63) is 17.5 Å². The van der Waals surface area contributed by atoms with Gasteiger partial charge in [-0.3, -0.25) is 9.48 Å². The van der Waals surface area contributed by atoms with Crippen LogP contribution in [0.4, 0.5) is 0 Å². The summed E-state index contributed by atoms with van der Waals surface area (Å²) in [6, 6.07) is 0. The molecule has 0 aliphatic rings. The smallest absolute Gasteiger partial charge is 0.355 e. The molecule has 2 aromatic rings. The Labute approximate surface area is 91.2 Å². The molecule has 2 heterocycles. The molecule has 0 atom stereocenters. The van der Waals surface area contributed by atoms with Gasteiger partial charge in [0.1, 0.15) is 5.69 Å². The third-order valence-corrected chi connectivity index (χ3v) is 2.32. The van der Waals surface area contributed by atoms with Crippen molar-refractivity contribution in [1.82, 2.24) is 14.8 Å². The molecule has 0 aliphatic heterocycles. The number of hydrogen-bond donors (Lipinski definition) is 1. The van der Waals surface area contributed by atoms with Crippen LogP contribution in [0.3, 0.4) is 0 Å². The number of aldehydes is 1. The lowest BCUT2D eigenvalue weighted by Crippen LogP contribution is -2.08. The summed E-state index contributed by atoms with van der Waals surface area (Å²) in [7, 11) is 1.71. The topological polar surface area (TPSA) is 77.0 Å². The zero-order valence-corrected chi connectivity index (χ0v) is 8.98. The highest BCUT2D eigenvalue weighted by Crippen LogP contribution is 2.20. The van der Waals surface area contributed by atoms with Crippen LogP contribution in [-0.2, 0) is 11.8 Å². The van der Waals surface area contributed by atoms with E-state index in [0.717, 1.165) is 0 Å². The average molecular weight is 221 g/mol. The molecule has 0 fully saturated rings. The molecule has 2 rings (SSSR count). The van der Waals surface area contributed by atoms with E-state index in [1.54, 1.807) is 20.2 Å². The molecule has 16 heavy (non-hydrogen) atoms. The maximum atomic E-state index is 11.6. The molecule has 6 heteroatoms. The highest BCUT2D eigenvalue weighted by atomic mass is 16.5. The van der Waals surface area contributed by atoms with Gasteiger partial charge < -0.3 is 9.72 Å². The Morgan fingerprint density at radius 3 is 3.06 bits per heavy atom. The van der Waals surface area contributed by atoms with Crippen molar-refractivity contribution in [2.45, 2.75) is 6.92 Å². The quantitative estimate of drug-likeness (QED) is 0.616. The van der Waals surface area contributed by atoms with Crippen molar-refractivity contribution < 1.29 is 14.3 Å². The average Bonchev–Trinajstić information content (AvgIpc) is 2.79. The molecule has 0 amide bonds. The molecule has 0 saturated carbocycles. The van der Waals surface area contributed by atoms with E-state index in [9.17, 15) is 9.59 Å². The van der Waals surface area contributed by atoms with E-state index in [4.69, 9.17) is 4.74 Å². The Morgan fingerprint density at radius 1 is 1.69 bits per heavy atom. The van der Waals surface area contributed by atoms with Crippen LogP contribution in [0, 0.1) is 0 Å². The van der Waals surface area contributed by atoms with Gasteiger partial charge in [-0.05, 0) is 6.92 Å². The first-order valence-corrected chi connectivity index (χ1v) is 4.85. The summed E-state index contributed by atoms with van der Waals surface area (Å²) >= 11 is 0. The molecule has 84 valence electrons. The summed E-state index contributed by atoms with van der Waals surface area (Å²) in [4.78, 5) is 25.4. The minimum absolute atomic E-state index is 0.180. The summed E-state index contributed by atoms with van der Waals surface area (Å²) in [6.07, 6.45) is 2.19. The van der Waals surface area contributed by atoms with E-state index < -0.39 is 5.97 Å². The number of carbonyl (C=O) groups is 2. The van der Waals surface area contributed by atoms with Crippen LogP contribution in [-0.4, -0.2) is 33.6 Å². The molecule has 0 saturated heterocycles. The molecule has 0 aliphatic carbocycles. The van der Waals surface area contributed by atoms with Crippen LogP contribution < -0.4 is 0 Å². The predicted octanol–water partition coefficient (Wildman–Crippen LogP) is 0.891. The molecule has 0 radical (unpaired) electrons. The third kappa shape index (κ3) is 1.39. The summed E-state index contributed by atoms with van der Waals surface area (Å²) < 4.78 is 6.39. The van der Waals surface area contributed by atoms with Gasteiger partial charge in [0.05, 0.1) is 29.4 Å². The number of fused-ring (bicyclic) bond motifs is 1. The van der Waals surface area contributed by atoms with E-state index in [1.807, 2.05) is 0 Å². The van der Waals surface area contributed by atoms with Gasteiger partial charge in [-0.1, -0.05) is 0 Å². The normalized spacial score (nSPS) is 10.6. The fourth-order valence-electron chi connectivity index (χ4n) is 1.65. The van der Waals surface area contributed by atoms with Gasteiger partial charge in [-0.25, -0.2) is 4.79 Å². The van der Waals surface area contributed by atoms with Gasteiger partial charge in [0, 0.05) is 7.05 Å². The number of ether oxygens (including phenoxy) is 1. The first-order valence-electron chi connectivity index (χ1n) is 4.85. The second kappa shape index (κ2) is 3.80. The number of nitrogens with one attached hydrogen (secondary N) is 1. The monoisotopic (exact) mass is 221 g/mol. The van der Waals surface area contributed by atoms with Crippen molar-refractivity contribution in [3.63, 3.8) is 0 Å². The summed E-state index contributed by atoms with van der Waals surface area (Å²) in [5.41, 5.74) is 1.72. The number of rotatable bonds is 3. The minimum atomic E-state index is -0.527. The maximum Gasteiger partial charge on any atom is 0.355 e. The van der Waals surface area contributed by atoms with Crippen molar-refractivity contribution in [2.24, 2.45) is 7.05 Å². The van der Waals surface area contributed by atoms with Gasteiger partial charge in [-0.15, -0.1) is 0 Å². The van der Waals surface area contributed by atoms with Gasteiger partial charge >= 0.3 is 5.97 Å². The Bertz CT molecular complexity index is 553. The number of nitrogens with zero attached hydrogens (tertiary/aromatic N) is 2. The van der Waals surface area contributed by atoms with Gasteiger partial charge in [0.15, 0.2) is 6.29 Å². The zero-order chi connectivity index (χ0) is 11.7. The second-order valence-corrected chi connectivity index (χ2v) is 3.28. The zero-order valence-electron chi connectivity index (χ0n) is 8.98. The van der Waals surface area contributed by atoms with Crippen LogP contribution in [0.25, 0.3) is 11.0 Å². The fraction of sp³-hybridized carbons (Fsp3) is 0.300. The van der Waals surface area contributed by atoms with Gasteiger partial charge in [0.2, 0.25) is 0 Å². The molecule has 1 N–H and O–H groups in total. The Balaban J connectivity index is 2.61. The number of esters is 1. The van der Waals surface area contributed by atoms with Crippen LogP contribution in [0.15, 0.2) is 6.20 Å². The van der Waals surface area contributed by atoms with Crippen molar-refractivity contribution in [2.75, 3.05) is 6.61 Å². The summed E-state index contributed by atoms with van der Waals surface area (Å²) in [6.45, 7) is 1.98. The number of hydrogen-bond acceptors (Lipinski definition) is 4. The largest absolute Gasteiger partial charge is 0.461 e. The fourth-order valence-corrected chi connectivity index (χ4v) is 1.65. The Hall–Kier alpha value is -2.11. The van der Waals surface area contributed by atoms with Gasteiger partial charge in [-0.2, -0.15) is 5.10 Å². The first-order chi connectivity index (χ1) is 7.69. The molecular weight excluding hydrogens is 210 g/mol. The van der Waals surface area contributed by atoms with Crippen molar-refractivity contribution in [1.29, 1.82) is 0 Å². The minimum Gasteiger partial charge on any atom is -0.461 e. The first kappa shape index (κ1) is 10.4. The van der Waals surface area contributed by atoms with Crippen LogP contribution >= 0.6 is 0 Å². The number of aryl methyl sites for hydroxylation is 1. The molecular formula is C10H11N3O3. The number of H-pyrrole nitrogens is 1. The lowest BCUT2D eigenvalue weighted by atomic mass is 10.2. The molecule has 0 spiro atoms. The SMILES string of the molecule is CCOC(=O)c1[nH]c2cnn(C)c2c1C=O. The van der Waals surface area contributed by atoms with Crippen LogP contribution in [0.5, 0.6) is 0 Å². The number of aromatic nitrogens is 3. The number of aromatic amines is 1. The number of carbonyl (C=O) groups excluding carboxylic acids is 2. The molecule has 6 nitrogen and oxygen atoms in total. The van der Waals surface area contributed by atoms with E-state index in [2.05, 4.69) is 10.1 Å². The van der Waals surface area contributed by atoms with Crippen LogP contribution in [0.1, 0.15) is 27.8 Å². The molecule has 2 aromatic heterocycles. The molecule has 0 unspecified atom stereocenters. The van der Waals surface area contributed by atoms with Gasteiger partial charge in [0.25, 0.3) is 0 Å².